The standard InChI is InChI=1S/C10H6N4/c1-2-4-7-6-11-13-10-9(7)8(5-3-1)12-14-10/h1-6H. The van der Waals surface area contributed by atoms with Crippen LogP contribution in [0.25, 0.3) is 11.8 Å². The molecular weight excluding hydrogens is 176 g/mol. The maximum absolute atomic E-state index is 4.03. The van der Waals surface area contributed by atoms with Gasteiger partial charge in [0.1, 0.15) is 0 Å². The van der Waals surface area contributed by atoms with E-state index >= 15 is 0 Å². The summed E-state index contributed by atoms with van der Waals surface area (Å²) in [6.07, 6.45) is 11.5. The number of rotatable bonds is 0. The van der Waals surface area contributed by atoms with Gasteiger partial charge in [-0.25, -0.2) is 0 Å². The Morgan fingerprint density at radius 2 is 2.00 bits per heavy atom. The monoisotopic (exact) mass is 182 g/mol. The molecule has 0 atom stereocenters. The van der Waals surface area contributed by atoms with E-state index in [9.17, 15) is 0 Å². The summed E-state index contributed by atoms with van der Waals surface area (Å²) in [6, 6.07) is 0. The molecule has 1 aromatic heterocycles. The number of nitrogens with zero attached hydrogens (tertiary/aromatic N) is 4. The molecule has 66 valence electrons. The van der Waals surface area contributed by atoms with Crippen LogP contribution in [0.5, 0.6) is 0 Å². The van der Waals surface area contributed by atoms with Crippen molar-refractivity contribution in [1.29, 1.82) is 0 Å². The van der Waals surface area contributed by atoms with Gasteiger partial charge in [0.05, 0.1) is 17.5 Å². The predicted octanol–water partition coefficient (Wildman–Crippen LogP) is 2.50. The Morgan fingerprint density at radius 3 is 3.00 bits per heavy atom. The van der Waals surface area contributed by atoms with Crippen LogP contribution in [-0.4, -0.2) is 10.2 Å². The molecule has 0 saturated carbocycles. The fourth-order valence-corrected chi connectivity index (χ4v) is 1.49. The van der Waals surface area contributed by atoms with Gasteiger partial charge in [0.25, 0.3) is 0 Å². The van der Waals surface area contributed by atoms with Crippen LogP contribution in [0.4, 0.5) is 5.82 Å². The molecule has 0 radical (unpaired) electrons. The molecule has 1 aromatic rings. The molecule has 0 spiro atoms. The molecule has 0 fully saturated rings. The molecule has 14 heavy (non-hydrogen) atoms. The first-order valence-corrected chi connectivity index (χ1v) is 4.28. The third kappa shape index (κ3) is 0.939. The molecule has 2 aliphatic rings. The highest BCUT2D eigenvalue weighted by Gasteiger charge is 2.18. The van der Waals surface area contributed by atoms with E-state index in [1.165, 1.54) is 0 Å². The van der Waals surface area contributed by atoms with Crippen molar-refractivity contribution in [3.8, 4) is 0 Å². The summed E-state index contributed by atoms with van der Waals surface area (Å²) in [5.41, 5.74) is 2.83. The maximum Gasteiger partial charge on any atom is 0.206 e. The Kier molecular flexibility index (Phi) is 1.41. The number of azo groups is 1. The average Bonchev–Trinajstić information content (AvgIpc) is 2.57. The van der Waals surface area contributed by atoms with Crippen molar-refractivity contribution in [2.24, 2.45) is 10.2 Å². The quantitative estimate of drug-likeness (QED) is 0.618. The van der Waals surface area contributed by atoms with Crippen LogP contribution in [0.15, 0.2) is 40.7 Å². The van der Waals surface area contributed by atoms with Crippen molar-refractivity contribution in [3.63, 3.8) is 0 Å². The van der Waals surface area contributed by atoms with Crippen LogP contribution >= 0.6 is 0 Å². The van der Waals surface area contributed by atoms with E-state index in [1.807, 2.05) is 30.4 Å². The first-order chi connectivity index (χ1) is 6.95. The van der Waals surface area contributed by atoms with Gasteiger partial charge in [0.2, 0.25) is 5.82 Å². The van der Waals surface area contributed by atoms with Crippen LogP contribution in [0.1, 0.15) is 11.1 Å². The lowest BCUT2D eigenvalue weighted by atomic mass is 10.1. The normalized spacial score (nSPS) is 16.1. The topological polar surface area (TPSA) is 50.5 Å². The van der Waals surface area contributed by atoms with Crippen molar-refractivity contribution in [2.45, 2.75) is 0 Å². The van der Waals surface area contributed by atoms with Crippen molar-refractivity contribution in [1.82, 2.24) is 10.2 Å². The zero-order valence-corrected chi connectivity index (χ0v) is 7.25. The van der Waals surface area contributed by atoms with E-state index in [2.05, 4.69) is 20.4 Å². The second-order valence-electron chi connectivity index (χ2n) is 2.99. The first kappa shape index (κ1) is 7.32. The van der Waals surface area contributed by atoms with Gasteiger partial charge < -0.3 is 0 Å². The molecule has 0 aromatic carbocycles. The predicted molar refractivity (Wildman–Crippen MR) is 52.7 cm³/mol. The number of aromatic nitrogens is 2. The van der Waals surface area contributed by atoms with Crippen LogP contribution in [0.3, 0.4) is 0 Å². The van der Waals surface area contributed by atoms with Gasteiger partial charge in [-0.1, -0.05) is 24.3 Å². The summed E-state index contributed by atoms with van der Waals surface area (Å²) >= 11 is 0. The molecule has 4 heteroatoms. The Labute approximate surface area is 80.4 Å². The first-order valence-electron chi connectivity index (χ1n) is 4.28. The SMILES string of the molecule is C1=CC=C2N=Nc3nncc(c32)C=C1. The van der Waals surface area contributed by atoms with Crippen molar-refractivity contribution < 1.29 is 0 Å². The smallest absolute Gasteiger partial charge is 0.156 e. The molecular formula is C10H6N4. The summed E-state index contributed by atoms with van der Waals surface area (Å²) in [5.74, 6) is 0.605. The van der Waals surface area contributed by atoms with E-state index in [0.717, 1.165) is 16.8 Å². The van der Waals surface area contributed by atoms with Crippen molar-refractivity contribution in [3.05, 3.63) is 41.6 Å². The fourth-order valence-electron chi connectivity index (χ4n) is 1.49. The minimum absolute atomic E-state index is 0.605. The van der Waals surface area contributed by atoms with Crippen LogP contribution < -0.4 is 0 Å². The fraction of sp³-hybridized carbons (Fsp3) is 0. The van der Waals surface area contributed by atoms with E-state index < -0.39 is 0 Å². The Morgan fingerprint density at radius 1 is 1.00 bits per heavy atom. The highest BCUT2D eigenvalue weighted by Crippen LogP contribution is 2.35. The zero-order valence-electron chi connectivity index (χ0n) is 7.25. The number of hydrogen-bond donors (Lipinski definition) is 0. The summed E-state index contributed by atoms with van der Waals surface area (Å²) in [7, 11) is 0. The van der Waals surface area contributed by atoms with Gasteiger partial charge in [0, 0.05) is 5.56 Å². The molecule has 0 amide bonds. The molecule has 3 rings (SSSR count). The molecule has 1 aliphatic heterocycles. The van der Waals surface area contributed by atoms with Gasteiger partial charge in [0.15, 0.2) is 0 Å². The number of allylic oxidation sites excluding steroid dienone is 4. The summed E-state index contributed by atoms with van der Waals surface area (Å²) < 4.78 is 0. The average molecular weight is 182 g/mol. The summed E-state index contributed by atoms with van der Waals surface area (Å²) in [6.45, 7) is 0. The second kappa shape index (κ2) is 2.70. The van der Waals surface area contributed by atoms with Crippen LogP contribution in [0.2, 0.25) is 0 Å². The third-order valence-electron chi connectivity index (χ3n) is 2.12. The Balaban J connectivity index is 2.36. The second-order valence-corrected chi connectivity index (χ2v) is 2.99. The summed E-state index contributed by atoms with van der Waals surface area (Å²) in [4.78, 5) is 0. The van der Waals surface area contributed by atoms with Crippen molar-refractivity contribution in [2.75, 3.05) is 0 Å². The lowest BCUT2D eigenvalue weighted by Gasteiger charge is -2.01. The van der Waals surface area contributed by atoms with Gasteiger partial charge in [-0.3, -0.25) is 0 Å². The molecule has 0 bridgehead atoms. The van der Waals surface area contributed by atoms with Crippen LogP contribution in [-0.2, 0) is 0 Å². The van der Waals surface area contributed by atoms with Crippen molar-refractivity contribution >= 4 is 17.6 Å². The van der Waals surface area contributed by atoms with Gasteiger partial charge in [-0.2, -0.15) is 5.10 Å². The molecule has 4 nitrogen and oxygen atoms in total. The van der Waals surface area contributed by atoms with Gasteiger partial charge in [-0.05, 0) is 6.08 Å². The highest BCUT2D eigenvalue weighted by atomic mass is 15.3. The van der Waals surface area contributed by atoms with E-state index in [4.69, 9.17) is 0 Å². The number of hydrogen-bond acceptors (Lipinski definition) is 4. The largest absolute Gasteiger partial charge is 0.206 e. The molecule has 0 N–H and O–H groups in total. The van der Waals surface area contributed by atoms with Gasteiger partial charge in [-0.15, -0.1) is 15.3 Å². The zero-order chi connectivity index (χ0) is 9.38. The minimum Gasteiger partial charge on any atom is -0.156 e. The van der Waals surface area contributed by atoms with Gasteiger partial charge >= 0.3 is 0 Å². The minimum atomic E-state index is 0.605. The molecule has 0 saturated heterocycles. The summed E-state index contributed by atoms with van der Waals surface area (Å²) in [5, 5.41) is 15.8. The maximum atomic E-state index is 4.03. The van der Waals surface area contributed by atoms with Crippen LogP contribution in [0, 0.1) is 0 Å². The lowest BCUT2D eigenvalue weighted by Crippen LogP contribution is -1.90. The molecule has 1 aliphatic carbocycles. The van der Waals surface area contributed by atoms with E-state index in [-0.39, 0.29) is 0 Å². The highest BCUT2D eigenvalue weighted by molar-refractivity contribution is 5.82. The molecule has 2 heterocycles. The van der Waals surface area contributed by atoms with E-state index in [0.29, 0.717) is 5.82 Å². The third-order valence-corrected chi connectivity index (χ3v) is 2.12. The molecule has 0 unspecified atom stereocenters. The lowest BCUT2D eigenvalue weighted by molar-refractivity contribution is 1.01. The Hall–Kier alpha value is -2.10. The Bertz CT molecular complexity index is 509. The van der Waals surface area contributed by atoms with E-state index in [1.54, 1.807) is 6.20 Å².